The number of hydrogen-bond acceptors (Lipinski definition) is 3. The van der Waals surface area contributed by atoms with Crippen LogP contribution in [0, 0.1) is 0 Å². The van der Waals surface area contributed by atoms with Crippen LogP contribution in [0.1, 0.15) is 5.82 Å². The summed E-state index contributed by atoms with van der Waals surface area (Å²) >= 11 is 0. The van der Waals surface area contributed by atoms with Crippen LogP contribution in [-0.4, -0.2) is 18.4 Å². The van der Waals surface area contributed by atoms with Crippen molar-refractivity contribution < 1.29 is 8.42 Å². The van der Waals surface area contributed by atoms with Gasteiger partial charge >= 0.3 is 0 Å². The van der Waals surface area contributed by atoms with E-state index in [4.69, 9.17) is 0 Å². The molecular formula is C4H8N4O2S. The fourth-order valence-corrected chi connectivity index (χ4v) is 0.901. The van der Waals surface area contributed by atoms with Crippen molar-refractivity contribution in [1.82, 2.24) is 14.7 Å². The highest BCUT2D eigenvalue weighted by atomic mass is 32.2. The van der Waals surface area contributed by atoms with E-state index in [9.17, 15) is 8.42 Å². The van der Waals surface area contributed by atoms with Gasteiger partial charge in [-0.1, -0.05) is 0 Å². The Morgan fingerprint density at radius 2 is 2.45 bits per heavy atom. The third-order valence-corrected chi connectivity index (χ3v) is 1.54. The first kappa shape index (κ1) is 8.18. The van der Waals surface area contributed by atoms with Crippen molar-refractivity contribution in [2.75, 3.05) is 0 Å². The molecule has 4 N–H and O–H groups in total. The molecule has 7 heteroatoms. The van der Waals surface area contributed by atoms with E-state index in [1.165, 1.54) is 6.20 Å². The SMILES string of the molecule is NS(=O)(=O)NCc1ncc[nH]1. The van der Waals surface area contributed by atoms with E-state index >= 15 is 0 Å². The first-order valence-corrected chi connectivity index (χ1v) is 4.38. The number of nitrogens with one attached hydrogen (secondary N) is 2. The van der Waals surface area contributed by atoms with E-state index < -0.39 is 10.2 Å². The molecule has 62 valence electrons. The van der Waals surface area contributed by atoms with Gasteiger partial charge in [0.2, 0.25) is 0 Å². The molecule has 0 aliphatic rings. The summed E-state index contributed by atoms with van der Waals surface area (Å²) in [4.78, 5) is 6.50. The lowest BCUT2D eigenvalue weighted by Gasteiger charge is -1.96. The molecule has 1 aromatic heterocycles. The van der Waals surface area contributed by atoms with Crippen LogP contribution < -0.4 is 9.86 Å². The average Bonchev–Trinajstić information content (AvgIpc) is 2.32. The minimum Gasteiger partial charge on any atom is -0.347 e. The number of aromatic nitrogens is 2. The molecule has 1 aromatic rings. The van der Waals surface area contributed by atoms with E-state index in [0.29, 0.717) is 5.82 Å². The lowest BCUT2D eigenvalue weighted by atomic mass is 10.6. The lowest BCUT2D eigenvalue weighted by molar-refractivity contribution is 0.581. The molecule has 0 bridgehead atoms. The van der Waals surface area contributed by atoms with E-state index in [1.807, 2.05) is 0 Å². The van der Waals surface area contributed by atoms with Gasteiger partial charge in [-0.25, -0.2) is 10.1 Å². The van der Waals surface area contributed by atoms with Gasteiger partial charge < -0.3 is 4.98 Å². The second-order valence-electron chi connectivity index (χ2n) is 1.90. The maximum Gasteiger partial charge on any atom is 0.274 e. The van der Waals surface area contributed by atoms with Crippen LogP contribution in [0.2, 0.25) is 0 Å². The Bertz CT molecular complexity index is 303. The quantitative estimate of drug-likeness (QED) is 0.533. The molecule has 11 heavy (non-hydrogen) atoms. The van der Waals surface area contributed by atoms with Crippen molar-refractivity contribution in [1.29, 1.82) is 0 Å². The Morgan fingerprint density at radius 3 is 2.91 bits per heavy atom. The van der Waals surface area contributed by atoms with Gasteiger partial charge in [-0.3, -0.25) is 0 Å². The van der Waals surface area contributed by atoms with E-state index in [1.54, 1.807) is 6.20 Å². The Balaban J connectivity index is 2.48. The first-order valence-electron chi connectivity index (χ1n) is 2.83. The largest absolute Gasteiger partial charge is 0.347 e. The Kier molecular flexibility index (Phi) is 2.22. The Labute approximate surface area is 64.0 Å². The van der Waals surface area contributed by atoms with Gasteiger partial charge in [0.15, 0.2) is 0 Å². The van der Waals surface area contributed by atoms with Gasteiger partial charge in [-0.05, 0) is 0 Å². The molecule has 0 atom stereocenters. The number of hydrogen-bond donors (Lipinski definition) is 3. The smallest absolute Gasteiger partial charge is 0.274 e. The maximum atomic E-state index is 10.4. The van der Waals surface area contributed by atoms with Gasteiger partial charge in [0.05, 0.1) is 6.54 Å². The predicted molar refractivity (Wildman–Crippen MR) is 38.5 cm³/mol. The number of nitrogens with two attached hydrogens (primary N) is 1. The van der Waals surface area contributed by atoms with Gasteiger partial charge in [0, 0.05) is 12.4 Å². The number of H-pyrrole nitrogens is 1. The van der Waals surface area contributed by atoms with Gasteiger partial charge in [0.1, 0.15) is 5.82 Å². The van der Waals surface area contributed by atoms with Crippen LogP contribution in [0.15, 0.2) is 12.4 Å². The molecule has 0 radical (unpaired) electrons. The minimum absolute atomic E-state index is 0.0891. The van der Waals surface area contributed by atoms with Gasteiger partial charge in [0.25, 0.3) is 10.2 Å². The zero-order chi connectivity index (χ0) is 8.32. The summed E-state index contributed by atoms with van der Waals surface area (Å²) in [6.45, 7) is 0.0891. The normalized spacial score (nSPS) is 11.7. The van der Waals surface area contributed by atoms with Gasteiger partial charge in [-0.15, -0.1) is 0 Å². The van der Waals surface area contributed by atoms with Crippen molar-refractivity contribution in [3.8, 4) is 0 Å². The highest BCUT2D eigenvalue weighted by Crippen LogP contribution is 1.86. The summed E-state index contributed by atoms with van der Waals surface area (Å²) in [6.07, 6.45) is 3.13. The van der Waals surface area contributed by atoms with Crippen LogP contribution >= 0.6 is 0 Å². The molecule has 0 aromatic carbocycles. The van der Waals surface area contributed by atoms with Crippen molar-refractivity contribution in [2.45, 2.75) is 6.54 Å². The van der Waals surface area contributed by atoms with E-state index in [2.05, 4.69) is 19.8 Å². The van der Waals surface area contributed by atoms with Crippen molar-refractivity contribution in [2.24, 2.45) is 5.14 Å². The second-order valence-corrected chi connectivity index (χ2v) is 3.28. The van der Waals surface area contributed by atoms with Crippen LogP contribution in [-0.2, 0) is 16.8 Å². The molecule has 0 aliphatic carbocycles. The van der Waals surface area contributed by atoms with Crippen molar-refractivity contribution >= 4 is 10.2 Å². The standard InChI is InChI=1S/C4H8N4O2S/c5-11(9,10)8-3-4-6-1-2-7-4/h1-2,8H,3H2,(H,6,7)(H2,5,9,10). The molecule has 1 rings (SSSR count). The third kappa shape index (κ3) is 3.12. The van der Waals surface area contributed by atoms with Crippen molar-refractivity contribution in [3.05, 3.63) is 18.2 Å². The molecule has 0 spiro atoms. The molecule has 0 saturated heterocycles. The van der Waals surface area contributed by atoms with Crippen LogP contribution in [0.4, 0.5) is 0 Å². The molecule has 0 amide bonds. The van der Waals surface area contributed by atoms with E-state index in [0.717, 1.165) is 0 Å². The number of nitrogens with zero attached hydrogens (tertiary/aromatic N) is 1. The molecule has 0 aliphatic heterocycles. The summed E-state index contributed by atoms with van der Waals surface area (Å²) in [7, 11) is -3.61. The fourth-order valence-electron chi connectivity index (χ4n) is 0.564. The Morgan fingerprint density at radius 1 is 1.73 bits per heavy atom. The molecule has 1 heterocycles. The molecular weight excluding hydrogens is 168 g/mol. The number of aromatic amines is 1. The third-order valence-electron chi connectivity index (χ3n) is 0.996. The summed E-state index contributed by atoms with van der Waals surface area (Å²) in [5.41, 5.74) is 0. The average molecular weight is 176 g/mol. The Hall–Kier alpha value is -0.920. The predicted octanol–water partition coefficient (Wildman–Crippen LogP) is -1.30. The summed E-state index contributed by atoms with van der Waals surface area (Å²) in [5.74, 6) is 0.527. The summed E-state index contributed by atoms with van der Waals surface area (Å²) in [6, 6.07) is 0. The molecule has 0 saturated carbocycles. The monoisotopic (exact) mass is 176 g/mol. The molecule has 6 nitrogen and oxygen atoms in total. The number of rotatable bonds is 3. The fraction of sp³-hybridized carbons (Fsp3) is 0.250. The molecule has 0 fully saturated rings. The van der Waals surface area contributed by atoms with Crippen LogP contribution in [0.25, 0.3) is 0 Å². The zero-order valence-electron chi connectivity index (χ0n) is 5.61. The summed E-state index contributed by atoms with van der Waals surface area (Å²) in [5, 5.41) is 4.67. The highest BCUT2D eigenvalue weighted by molar-refractivity contribution is 7.87. The highest BCUT2D eigenvalue weighted by Gasteiger charge is 2.01. The molecule has 0 unspecified atom stereocenters. The minimum atomic E-state index is -3.61. The van der Waals surface area contributed by atoms with Crippen LogP contribution in [0.5, 0.6) is 0 Å². The maximum absolute atomic E-state index is 10.4. The zero-order valence-corrected chi connectivity index (χ0v) is 6.43. The topological polar surface area (TPSA) is 101 Å². The first-order chi connectivity index (χ1) is 5.08. The lowest BCUT2D eigenvalue weighted by Crippen LogP contribution is -2.30. The summed E-state index contributed by atoms with van der Waals surface area (Å²) < 4.78 is 22.8. The van der Waals surface area contributed by atoms with E-state index in [-0.39, 0.29) is 6.54 Å². The van der Waals surface area contributed by atoms with Gasteiger partial charge in [-0.2, -0.15) is 13.1 Å². The van der Waals surface area contributed by atoms with Crippen molar-refractivity contribution in [3.63, 3.8) is 0 Å². The number of imidazole rings is 1. The van der Waals surface area contributed by atoms with Crippen LogP contribution in [0.3, 0.4) is 0 Å². The second kappa shape index (κ2) is 2.99.